The molecule has 69 heavy (non-hydrogen) atoms. The molecule has 0 amide bonds. The van der Waals surface area contributed by atoms with Crippen molar-refractivity contribution in [3.63, 3.8) is 0 Å². The van der Waals surface area contributed by atoms with Gasteiger partial charge in [0.15, 0.2) is 33.3 Å². The lowest BCUT2D eigenvalue weighted by molar-refractivity contribution is 0.145. The lowest BCUT2D eigenvalue weighted by atomic mass is 10.9. The fraction of sp³-hybridized carbons (Fsp3) is 1.00. The van der Waals surface area contributed by atoms with Gasteiger partial charge in [-0.15, -0.1) is 0 Å². The van der Waals surface area contributed by atoms with E-state index in [1.54, 1.807) is 0 Å². The highest BCUT2D eigenvalue weighted by Gasteiger charge is 2.59. The van der Waals surface area contributed by atoms with Crippen molar-refractivity contribution in [3.05, 3.63) is 0 Å². The monoisotopic (exact) mass is 1340 g/mol. The first-order valence-corrected chi connectivity index (χ1v) is 71.5. The van der Waals surface area contributed by atoms with Crippen LogP contribution in [0.3, 0.4) is 0 Å². The summed E-state index contributed by atoms with van der Waals surface area (Å²) in [5.41, 5.74) is 0. The van der Waals surface area contributed by atoms with Crippen LogP contribution in [-0.4, -0.2) is 191 Å². The minimum Gasteiger partial charge on any atom is -0.420 e. The molecule has 20 nitrogen and oxygen atoms in total. The number of hydrogen-bond donors (Lipinski definition) is 0. The summed E-state index contributed by atoms with van der Waals surface area (Å²) in [6, 6.07) is 6.23. The van der Waals surface area contributed by atoms with E-state index in [4.69, 9.17) is 82.3 Å². The summed E-state index contributed by atoms with van der Waals surface area (Å²) in [5.74, 6) is 0. The van der Waals surface area contributed by atoms with Crippen LogP contribution in [0.2, 0.25) is 179 Å². The third-order valence-electron chi connectivity index (χ3n) is 11.3. The van der Waals surface area contributed by atoms with Gasteiger partial charge in [-0.2, -0.15) is 0 Å². The maximum atomic E-state index is 7.75. The Morgan fingerprint density at radius 3 is 0.507 bits per heavy atom. The van der Waals surface area contributed by atoms with E-state index in [9.17, 15) is 0 Å². The van der Waals surface area contributed by atoms with E-state index in [2.05, 4.69) is 131 Å². The summed E-state index contributed by atoms with van der Waals surface area (Å²) in [6.07, 6.45) is 0. The highest BCUT2D eigenvalue weighted by molar-refractivity contribution is 6.93. The molecule has 0 saturated carbocycles. The highest BCUT2D eigenvalue weighted by atomic mass is 28.5. The van der Waals surface area contributed by atoms with Crippen LogP contribution in [0.15, 0.2) is 0 Å². The predicted molar refractivity (Wildman–Crippen MR) is 321 cm³/mol. The fourth-order valence-corrected chi connectivity index (χ4v) is 87.7. The molecule has 408 valence electrons. The minimum absolute atomic E-state index is 0.774. The van der Waals surface area contributed by atoms with Crippen molar-refractivity contribution in [2.75, 3.05) is 0 Å². The molecule has 0 radical (unpaired) electrons. The molecular formula is C28H92O20Si21. The third-order valence-corrected chi connectivity index (χ3v) is 82.0. The summed E-state index contributed by atoms with van der Waals surface area (Å²) >= 11 is 0. The van der Waals surface area contributed by atoms with Gasteiger partial charge >= 0.3 is 46.2 Å². The molecule has 41 heteroatoms. The quantitative estimate of drug-likeness (QED) is 0.161. The van der Waals surface area contributed by atoms with Crippen molar-refractivity contribution in [3.8, 4) is 0 Å². The zero-order chi connectivity index (χ0) is 51.5. The molecule has 0 aromatic heterocycles. The van der Waals surface area contributed by atoms with Crippen LogP contribution >= 0.6 is 0 Å². The van der Waals surface area contributed by atoms with Gasteiger partial charge in [0.1, 0.15) is 0 Å². The Kier molecular flexibility index (Phi) is 28.2. The van der Waals surface area contributed by atoms with Crippen molar-refractivity contribution < 1.29 is 82.3 Å². The van der Waals surface area contributed by atoms with Crippen LogP contribution in [0.4, 0.5) is 0 Å². The summed E-state index contributed by atoms with van der Waals surface area (Å²) in [5, 5.41) is 0. The van der Waals surface area contributed by atoms with Gasteiger partial charge in [-0.3, -0.25) is 0 Å². The third kappa shape index (κ3) is 26.1. The molecule has 0 aromatic carbocycles. The van der Waals surface area contributed by atoms with Gasteiger partial charge in [-0.05, 0) is 179 Å². The second-order valence-corrected chi connectivity index (χ2v) is 77.9. The van der Waals surface area contributed by atoms with Crippen LogP contribution < -0.4 is 0 Å². The highest BCUT2D eigenvalue weighted by Crippen LogP contribution is 2.37. The van der Waals surface area contributed by atoms with E-state index in [1.807, 2.05) is 0 Å². The van der Waals surface area contributed by atoms with Gasteiger partial charge in [-0.25, -0.2) is 0 Å². The van der Waals surface area contributed by atoms with Crippen molar-refractivity contribution in [2.45, 2.75) is 179 Å². The standard InChI is InChI=1S/C28H92O20Si21/c1-49-29-53(5)37-61(38-54(6)30-49)21-25-65(13,14)45-69(46-66(15,16)26-22-62-39-55(7)31-50(2)32-56(8)40-62,47-67(17,18)27-23-63-41-57(9)33-51(3)34-58(10)42-63)48-68(19,20)28-24-64-43-59(11)35-52(4)36-60(12)44-64/h49-64H,21-28H2,1-20H3. The van der Waals surface area contributed by atoms with Gasteiger partial charge in [0, 0.05) is 0 Å². The molecule has 4 aliphatic rings. The molecular weight excluding hydrogens is 1250 g/mol. The SMILES string of the molecule is C[SiH]1O[SiH](C)O[SiH](CC[Si](C)(C)O[Si](O[Si](C)(C)CC[SiH]2O[SiH](C)O[SiH](C)O[SiH](C)O2)(O[Si](C)(C)CC[SiH]2O[SiH](C)O[SiH](C)O[SiH](C)O2)O[Si](C)(C)CC[SiH]2O[SiH](C)O[SiH](C)O[SiH](C)O2)O[SiH](C)O1. The topological polar surface area (TPSA) is 185 Å². The van der Waals surface area contributed by atoms with E-state index in [0.717, 1.165) is 48.4 Å². The molecule has 8 unspecified atom stereocenters. The first-order chi connectivity index (χ1) is 31.9. The molecule has 0 bridgehead atoms. The predicted octanol–water partition coefficient (Wildman–Crippen LogP) is 1.71. The summed E-state index contributed by atoms with van der Waals surface area (Å²) in [7, 11) is -45.4. The van der Waals surface area contributed by atoms with Crippen LogP contribution in [0.5, 0.6) is 0 Å². The molecule has 4 saturated heterocycles. The summed E-state index contributed by atoms with van der Waals surface area (Å²) < 4.78 is 134. The summed E-state index contributed by atoms with van der Waals surface area (Å²) in [6.45, 7) is 43.1. The van der Waals surface area contributed by atoms with Crippen LogP contribution in [0.1, 0.15) is 0 Å². The Bertz CT molecular complexity index is 1250. The van der Waals surface area contributed by atoms with E-state index in [1.165, 1.54) is 0 Å². The Morgan fingerprint density at radius 2 is 0.362 bits per heavy atom. The maximum Gasteiger partial charge on any atom is 0.636 e. The average molecular weight is 1340 g/mol. The lowest BCUT2D eigenvalue weighted by Gasteiger charge is -2.46. The Hall–Kier alpha value is 3.75. The van der Waals surface area contributed by atoms with Crippen LogP contribution in [0, 0.1) is 0 Å². The molecule has 0 aliphatic carbocycles. The molecule has 8 atom stereocenters. The number of hydrogen-bond acceptors (Lipinski definition) is 20. The second kappa shape index (κ2) is 29.8. The Balaban J connectivity index is 1.70. The fourth-order valence-electron chi connectivity index (χ4n) is 8.47. The smallest absolute Gasteiger partial charge is 0.420 e. The average Bonchev–Trinajstić information content (AvgIpc) is 3.13. The van der Waals surface area contributed by atoms with E-state index in [-0.39, 0.29) is 0 Å². The molecule has 0 N–H and O–H groups in total. The van der Waals surface area contributed by atoms with Crippen molar-refractivity contribution in [1.29, 1.82) is 0 Å². The largest absolute Gasteiger partial charge is 0.636 e. The Labute approximate surface area is 448 Å². The van der Waals surface area contributed by atoms with E-state index >= 15 is 0 Å². The molecule has 0 aromatic rings. The maximum absolute atomic E-state index is 7.75. The van der Waals surface area contributed by atoms with Gasteiger partial charge in [0.2, 0.25) is 0 Å². The Morgan fingerprint density at radius 1 is 0.232 bits per heavy atom. The van der Waals surface area contributed by atoms with Gasteiger partial charge < -0.3 is 82.3 Å². The molecule has 0 spiro atoms. The van der Waals surface area contributed by atoms with Gasteiger partial charge in [0.25, 0.3) is 111 Å². The molecule has 4 rings (SSSR count). The first-order valence-electron chi connectivity index (χ1n) is 25.2. The summed E-state index contributed by atoms with van der Waals surface area (Å²) in [4.78, 5) is 0. The van der Waals surface area contributed by atoms with Crippen LogP contribution in [-0.2, 0) is 82.3 Å². The lowest BCUT2D eigenvalue weighted by Crippen LogP contribution is -2.67. The van der Waals surface area contributed by atoms with Gasteiger partial charge in [-0.1, -0.05) is 0 Å². The van der Waals surface area contributed by atoms with Crippen molar-refractivity contribution in [1.82, 2.24) is 0 Å². The van der Waals surface area contributed by atoms with Crippen molar-refractivity contribution in [2.24, 2.45) is 0 Å². The zero-order valence-corrected chi connectivity index (χ0v) is 69.0. The van der Waals surface area contributed by atoms with E-state index < -0.39 is 191 Å². The van der Waals surface area contributed by atoms with Crippen LogP contribution in [0.25, 0.3) is 0 Å². The minimum atomic E-state index is -4.02. The van der Waals surface area contributed by atoms with E-state index in [0.29, 0.717) is 0 Å². The number of rotatable bonds is 20. The molecule has 4 heterocycles. The molecule has 4 fully saturated rings. The van der Waals surface area contributed by atoms with Gasteiger partial charge in [0.05, 0.1) is 0 Å². The second-order valence-electron chi connectivity index (χ2n) is 20.8. The zero-order valence-electron chi connectivity index (χ0n) is 45.6. The molecule has 4 aliphatic heterocycles. The van der Waals surface area contributed by atoms with Crippen molar-refractivity contribution >= 4 is 191 Å². The normalized spacial score (nSPS) is 37.7. The first kappa shape index (κ1) is 65.3.